The van der Waals surface area contributed by atoms with Gasteiger partial charge < -0.3 is 11.1 Å². The summed E-state index contributed by atoms with van der Waals surface area (Å²) in [5, 5.41) is 2.06. The zero-order valence-corrected chi connectivity index (χ0v) is 9.88. The Morgan fingerprint density at radius 1 is 0.950 bits per heavy atom. The summed E-state index contributed by atoms with van der Waals surface area (Å²) >= 11 is 0. The average Bonchev–Trinajstić information content (AvgIpc) is 2.32. The van der Waals surface area contributed by atoms with Crippen molar-refractivity contribution >= 4 is 17.3 Å². The van der Waals surface area contributed by atoms with Crippen molar-refractivity contribution in [2.75, 3.05) is 11.1 Å². The van der Waals surface area contributed by atoms with Crippen LogP contribution >= 0.6 is 0 Å². The second kappa shape index (κ2) is 5.20. The predicted octanol–water partition coefficient (Wildman–Crippen LogP) is 3.08. The maximum absolute atomic E-state index is 13.4. The smallest absolute Gasteiger partial charge is 0.261 e. The van der Waals surface area contributed by atoms with Crippen molar-refractivity contribution in [1.82, 2.24) is 0 Å². The van der Waals surface area contributed by atoms with E-state index >= 15 is 0 Å². The number of nitrogens with one attached hydrogen (secondary N) is 1. The quantitative estimate of drug-likeness (QED) is 0.657. The molecule has 104 valence electrons. The van der Waals surface area contributed by atoms with Crippen molar-refractivity contribution in [2.45, 2.75) is 0 Å². The predicted molar refractivity (Wildman–Crippen MR) is 65.1 cm³/mol. The molecule has 0 aliphatic heterocycles. The van der Waals surface area contributed by atoms with Crippen LogP contribution in [0.2, 0.25) is 0 Å². The van der Waals surface area contributed by atoms with Crippen molar-refractivity contribution < 1.29 is 22.4 Å². The van der Waals surface area contributed by atoms with E-state index in [1.165, 1.54) is 6.07 Å². The largest absolute Gasteiger partial charge is 0.397 e. The zero-order valence-electron chi connectivity index (χ0n) is 9.88. The highest BCUT2D eigenvalue weighted by Crippen LogP contribution is 2.22. The van der Waals surface area contributed by atoms with E-state index in [0.717, 1.165) is 12.1 Å². The number of nitrogens with two attached hydrogens (primary N) is 1. The van der Waals surface area contributed by atoms with Crippen LogP contribution in [0.1, 0.15) is 10.4 Å². The van der Waals surface area contributed by atoms with Gasteiger partial charge in [-0.3, -0.25) is 4.79 Å². The van der Waals surface area contributed by atoms with Gasteiger partial charge >= 0.3 is 0 Å². The molecule has 0 fully saturated rings. The molecule has 0 bridgehead atoms. The lowest BCUT2D eigenvalue weighted by Crippen LogP contribution is -2.17. The minimum Gasteiger partial charge on any atom is -0.397 e. The Morgan fingerprint density at radius 2 is 1.55 bits per heavy atom. The van der Waals surface area contributed by atoms with E-state index in [1.807, 2.05) is 0 Å². The van der Waals surface area contributed by atoms with E-state index < -0.39 is 34.7 Å². The first kappa shape index (κ1) is 13.9. The molecule has 0 atom stereocenters. The number of carbonyl (C=O) groups is 1. The maximum Gasteiger partial charge on any atom is 0.261 e. The Hall–Kier alpha value is -2.57. The van der Waals surface area contributed by atoms with Gasteiger partial charge in [-0.25, -0.2) is 17.6 Å². The molecule has 0 heterocycles. The standard InChI is InChI=1S/C13H8F4N2O/c14-6-1-2-10(18)11(5-6)19-13(20)12-8(16)3-7(15)4-9(12)17/h1-5H,18H2,(H,19,20). The summed E-state index contributed by atoms with van der Waals surface area (Å²) in [5.41, 5.74) is 4.39. The number of rotatable bonds is 2. The van der Waals surface area contributed by atoms with Crippen molar-refractivity contribution in [3.63, 3.8) is 0 Å². The maximum atomic E-state index is 13.4. The minimum absolute atomic E-state index is 0.0164. The summed E-state index contributed by atoms with van der Waals surface area (Å²) in [4.78, 5) is 11.7. The molecule has 3 nitrogen and oxygen atoms in total. The van der Waals surface area contributed by atoms with Crippen LogP contribution in [0.3, 0.4) is 0 Å². The summed E-state index contributed by atoms with van der Waals surface area (Å²) in [6.45, 7) is 0. The number of amides is 1. The lowest BCUT2D eigenvalue weighted by Gasteiger charge is -2.09. The van der Waals surface area contributed by atoms with Crippen LogP contribution in [0.5, 0.6) is 0 Å². The highest BCUT2D eigenvalue weighted by atomic mass is 19.1. The average molecular weight is 284 g/mol. The third-order valence-corrected chi connectivity index (χ3v) is 2.50. The fourth-order valence-corrected chi connectivity index (χ4v) is 1.58. The van der Waals surface area contributed by atoms with Gasteiger partial charge in [-0.2, -0.15) is 0 Å². The number of carbonyl (C=O) groups excluding carboxylic acids is 1. The van der Waals surface area contributed by atoms with E-state index in [2.05, 4.69) is 5.32 Å². The topological polar surface area (TPSA) is 55.1 Å². The van der Waals surface area contributed by atoms with Gasteiger partial charge in [-0.15, -0.1) is 0 Å². The van der Waals surface area contributed by atoms with Crippen molar-refractivity contribution in [3.05, 3.63) is 59.2 Å². The van der Waals surface area contributed by atoms with Crippen LogP contribution in [0.15, 0.2) is 30.3 Å². The molecule has 0 saturated heterocycles. The van der Waals surface area contributed by atoms with Gasteiger partial charge in [-0.05, 0) is 18.2 Å². The summed E-state index contributed by atoms with van der Waals surface area (Å²) in [6, 6.07) is 3.87. The number of hydrogen-bond acceptors (Lipinski definition) is 2. The summed E-state index contributed by atoms with van der Waals surface area (Å²) in [6.07, 6.45) is 0. The third kappa shape index (κ3) is 2.71. The van der Waals surface area contributed by atoms with Crippen LogP contribution in [0.25, 0.3) is 0 Å². The summed E-state index contributed by atoms with van der Waals surface area (Å²) < 4.78 is 52.5. The summed E-state index contributed by atoms with van der Waals surface area (Å²) in [5.74, 6) is -5.77. The molecule has 0 spiro atoms. The van der Waals surface area contributed by atoms with Gasteiger partial charge in [-0.1, -0.05) is 0 Å². The molecule has 3 N–H and O–H groups in total. The third-order valence-electron chi connectivity index (χ3n) is 2.50. The van der Waals surface area contributed by atoms with Gasteiger partial charge in [0.25, 0.3) is 5.91 Å². The Kier molecular flexibility index (Phi) is 3.60. The van der Waals surface area contributed by atoms with Gasteiger partial charge in [0.2, 0.25) is 0 Å². The molecule has 1 amide bonds. The normalized spacial score (nSPS) is 10.4. The molecule has 0 aliphatic carbocycles. The molecule has 0 saturated carbocycles. The molecular formula is C13H8F4N2O. The van der Waals surface area contributed by atoms with Crippen LogP contribution in [0, 0.1) is 23.3 Å². The molecule has 7 heteroatoms. The highest BCUT2D eigenvalue weighted by Gasteiger charge is 2.19. The van der Waals surface area contributed by atoms with E-state index in [1.54, 1.807) is 0 Å². The molecule has 2 aromatic rings. The Bertz CT molecular complexity index is 665. The lowest BCUT2D eigenvalue weighted by molar-refractivity contribution is 0.101. The first-order valence-corrected chi connectivity index (χ1v) is 5.39. The van der Waals surface area contributed by atoms with Crippen molar-refractivity contribution in [2.24, 2.45) is 0 Å². The van der Waals surface area contributed by atoms with Gasteiger partial charge in [0, 0.05) is 12.1 Å². The number of halogens is 4. The number of nitrogen functional groups attached to an aromatic ring is 1. The van der Waals surface area contributed by atoms with E-state index in [4.69, 9.17) is 5.73 Å². The van der Waals surface area contributed by atoms with Crippen molar-refractivity contribution in [3.8, 4) is 0 Å². The Labute approximate surface area is 111 Å². The molecule has 20 heavy (non-hydrogen) atoms. The van der Waals surface area contributed by atoms with E-state index in [-0.39, 0.29) is 11.4 Å². The molecular weight excluding hydrogens is 276 g/mol. The fourth-order valence-electron chi connectivity index (χ4n) is 1.58. The molecule has 2 rings (SSSR count). The number of benzene rings is 2. The highest BCUT2D eigenvalue weighted by molar-refractivity contribution is 6.06. The van der Waals surface area contributed by atoms with Crippen molar-refractivity contribution in [1.29, 1.82) is 0 Å². The van der Waals surface area contributed by atoms with Crippen LogP contribution in [0.4, 0.5) is 28.9 Å². The minimum atomic E-state index is -1.37. The fraction of sp³-hybridized carbons (Fsp3) is 0. The zero-order chi connectivity index (χ0) is 14.9. The van der Waals surface area contributed by atoms with E-state index in [9.17, 15) is 22.4 Å². The Morgan fingerprint density at radius 3 is 2.15 bits per heavy atom. The van der Waals surface area contributed by atoms with Crippen LogP contribution in [-0.2, 0) is 0 Å². The lowest BCUT2D eigenvalue weighted by atomic mass is 10.1. The van der Waals surface area contributed by atoms with Gasteiger partial charge in [0.05, 0.1) is 11.4 Å². The number of hydrogen-bond donors (Lipinski definition) is 2. The molecule has 2 aromatic carbocycles. The molecule has 0 aliphatic rings. The molecule has 0 unspecified atom stereocenters. The van der Waals surface area contributed by atoms with Crippen LogP contribution < -0.4 is 11.1 Å². The second-order valence-electron chi connectivity index (χ2n) is 3.93. The van der Waals surface area contributed by atoms with E-state index in [0.29, 0.717) is 12.1 Å². The summed E-state index contributed by atoms with van der Waals surface area (Å²) in [7, 11) is 0. The molecule has 0 radical (unpaired) electrons. The Balaban J connectivity index is 2.36. The SMILES string of the molecule is Nc1ccc(F)cc1NC(=O)c1c(F)cc(F)cc1F. The van der Waals surface area contributed by atoms with Crippen LogP contribution in [-0.4, -0.2) is 5.91 Å². The van der Waals surface area contributed by atoms with Gasteiger partial charge in [0.15, 0.2) is 0 Å². The monoisotopic (exact) mass is 284 g/mol. The molecule has 0 aromatic heterocycles. The first-order valence-electron chi connectivity index (χ1n) is 5.39. The first-order chi connectivity index (χ1) is 9.38. The van der Waals surface area contributed by atoms with Gasteiger partial charge in [0.1, 0.15) is 28.8 Å². The second-order valence-corrected chi connectivity index (χ2v) is 3.93. The number of anilines is 2.